The van der Waals surface area contributed by atoms with Crippen LogP contribution in [0.25, 0.3) is 0 Å². The van der Waals surface area contributed by atoms with E-state index in [1.807, 2.05) is 23.1 Å². The number of rotatable bonds is 4. The van der Waals surface area contributed by atoms with E-state index in [0.717, 1.165) is 17.8 Å². The highest BCUT2D eigenvalue weighted by Crippen LogP contribution is 2.33. The number of amides is 1. The number of methoxy groups -OCH3 is 1. The summed E-state index contributed by atoms with van der Waals surface area (Å²) in [5.74, 6) is -0.453. The van der Waals surface area contributed by atoms with Crippen LogP contribution in [0.15, 0.2) is 67.0 Å². The zero-order chi connectivity index (χ0) is 20.4. The van der Waals surface area contributed by atoms with Gasteiger partial charge >= 0.3 is 5.97 Å². The van der Waals surface area contributed by atoms with Crippen LogP contribution >= 0.6 is 0 Å². The third kappa shape index (κ3) is 3.69. The number of anilines is 3. The van der Waals surface area contributed by atoms with Crippen molar-refractivity contribution < 1.29 is 14.3 Å². The van der Waals surface area contributed by atoms with Crippen molar-refractivity contribution >= 4 is 28.9 Å². The zero-order valence-electron chi connectivity index (χ0n) is 16.3. The molecule has 1 N–H and O–H groups in total. The third-order valence-electron chi connectivity index (χ3n) is 5.01. The molecule has 1 amide bonds. The number of benzene rings is 2. The Hall–Kier alpha value is -3.67. The maximum absolute atomic E-state index is 13.2. The number of hydrogen-bond donors (Lipinski definition) is 1. The van der Waals surface area contributed by atoms with Crippen molar-refractivity contribution in [3.63, 3.8) is 0 Å². The van der Waals surface area contributed by atoms with Crippen molar-refractivity contribution in [1.29, 1.82) is 0 Å². The van der Waals surface area contributed by atoms with E-state index in [1.54, 1.807) is 42.7 Å². The maximum Gasteiger partial charge on any atom is 0.337 e. The second-order valence-corrected chi connectivity index (χ2v) is 7.01. The SMILES string of the molecule is COC(=O)c1ccc(Nc2cncc(C(=O)N3c4ccccc4CC3C)c2)cc1. The van der Waals surface area contributed by atoms with Gasteiger partial charge < -0.3 is 15.0 Å². The molecule has 1 aliphatic rings. The quantitative estimate of drug-likeness (QED) is 0.679. The van der Waals surface area contributed by atoms with Crippen LogP contribution in [0, 0.1) is 0 Å². The molecule has 0 saturated carbocycles. The Bertz CT molecular complexity index is 1060. The number of hydrogen-bond acceptors (Lipinski definition) is 5. The fourth-order valence-electron chi connectivity index (χ4n) is 3.61. The summed E-state index contributed by atoms with van der Waals surface area (Å²) in [6.45, 7) is 2.05. The van der Waals surface area contributed by atoms with Crippen LogP contribution < -0.4 is 10.2 Å². The minimum Gasteiger partial charge on any atom is -0.465 e. The highest BCUT2D eigenvalue weighted by atomic mass is 16.5. The van der Waals surface area contributed by atoms with Gasteiger partial charge in [-0.3, -0.25) is 9.78 Å². The van der Waals surface area contributed by atoms with E-state index in [4.69, 9.17) is 4.74 Å². The Morgan fingerprint density at radius 2 is 1.79 bits per heavy atom. The molecule has 0 fully saturated rings. The molecule has 2 heterocycles. The molecular formula is C23H21N3O3. The van der Waals surface area contributed by atoms with E-state index >= 15 is 0 Å². The lowest BCUT2D eigenvalue weighted by Crippen LogP contribution is -2.35. The molecule has 1 unspecified atom stereocenters. The predicted octanol–water partition coefficient (Wildman–Crippen LogP) is 4.20. The van der Waals surface area contributed by atoms with Gasteiger partial charge in [-0.05, 0) is 55.3 Å². The number of carbonyl (C=O) groups excluding carboxylic acids is 2. The van der Waals surface area contributed by atoms with Crippen molar-refractivity contribution in [2.24, 2.45) is 0 Å². The number of fused-ring (bicyclic) bond motifs is 1. The van der Waals surface area contributed by atoms with E-state index in [-0.39, 0.29) is 17.9 Å². The second-order valence-electron chi connectivity index (χ2n) is 7.01. The summed E-state index contributed by atoms with van der Waals surface area (Å²) in [5.41, 5.74) is 4.61. The molecule has 0 saturated heterocycles. The van der Waals surface area contributed by atoms with Gasteiger partial charge in [0, 0.05) is 23.6 Å². The van der Waals surface area contributed by atoms with Crippen LogP contribution in [0.4, 0.5) is 17.1 Å². The predicted molar refractivity (Wildman–Crippen MR) is 112 cm³/mol. The van der Waals surface area contributed by atoms with Crippen LogP contribution in [0.5, 0.6) is 0 Å². The van der Waals surface area contributed by atoms with Gasteiger partial charge in [-0.2, -0.15) is 0 Å². The monoisotopic (exact) mass is 387 g/mol. The average Bonchev–Trinajstić information content (AvgIpc) is 3.09. The van der Waals surface area contributed by atoms with Gasteiger partial charge in [-0.25, -0.2) is 4.79 Å². The largest absolute Gasteiger partial charge is 0.465 e. The first-order valence-electron chi connectivity index (χ1n) is 9.39. The number of ether oxygens (including phenoxy) is 1. The summed E-state index contributed by atoms with van der Waals surface area (Å²) in [6.07, 6.45) is 4.09. The van der Waals surface area contributed by atoms with Crippen LogP contribution in [0.3, 0.4) is 0 Å². The number of esters is 1. The van der Waals surface area contributed by atoms with Gasteiger partial charge in [0.2, 0.25) is 0 Å². The van der Waals surface area contributed by atoms with Crippen molar-refractivity contribution in [3.8, 4) is 0 Å². The molecule has 29 heavy (non-hydrogen) atoms. The number of pyridine rings is 1. The molecule has 6 nitrogen and oxygen atoms in total. The lowest BCUT2D eigenvalue weighted by molar-refractivity contribution is 0.0600. The van der Waals surface area contributed by atoms with Gasteiger partial charge in [0.05, 0.1) is 30.1 Å². The summed E-state index contributed by atoms with van der Waals surface area (Å²) >= 11 is 0. The fraction of sp³-hybridized carbons (Fsp3) is 0.174. The van der Waals surface area contributed by atoms with Crippen LogP contribution in [-0.2, 0) is 11.2 Å². The molecule has 1 aromatic heterocycles. The van der Waals surface area contributed by atoms with E-state index < -0.39 is 0 Å². The van der Waals surface area contributed by atoms with Crippen molar-refractivity contribution in [2.75, 3.05) is 17.3 Å². The molecule has 1 aliphatic heterocycles. The molecule has 146 valence electrons. The van der Waals surface area contributed by atoms with Gasteiger partial charge in [0.15, 0.2) is 0 Å². The minimum atomic E-state index is -0.383. The number of nitrogens with zero attached hydrogens (tertiary/aromatic N) is 2. The van der Waals surface area contributed by atoms with Gasteiger partial charge in [-0.1, -0.05) is 18.2 Å². The standard InChI is InChI=1S/C23H21N3O3/c1-15-11-17-5-3-4-6-21(17)26(15)22(27)18-12-20(14-24-13-18)25-19-9-7-16(8-10-19)23(28)29-2/h3-10,12-15,25H,11H2,1-2H3. The van der Waals surface area contributed by atoms with Gasteiger partial charge in [-0.15, -0.1) is 0 Å². The molecule has 0 aliphatic carbocycles. The Labute approximate surface area is 169 Å². The molecule has 0 bridgehead atoms. The van der Waals surface area contributed by atoms with Crippen molar-refractivity contribution in [3.05, 3.63) is 83.7 Å². The molecule has 3 aromatic rings. The smallest absolute Gasteiger partial charge is 0.337 e. The highest BCUT2D eigenvalue weighted by Gasteiger charge is 2.31. The maximum atomic E-state index is 13.2. The summed E-state index contributed by atoms with van der Waals surface area (Å²) < 4.78 is 4.71. The molecule has 1 atom stereocenters. The van der Waals surface area contributed by atoms with Crippen LogP contribution in [-0.4, -0.2) is 30.0 Å². The Morgan fingerprint density at radius 1 is 1.03 bits per heavy atom. The Balaban J connectivity index is 1.55. The average molecular weight is 387 g/mol. The van der Waals surface area contributed by atoms with Crippen LogP contribution in [0.2, 0.25) is 0 Å². The van der Waals surface area contributed by atoms with E-state index in [2.05, 4.69) is 23.3 Å². The normalized spacial score (nSPS) is 15.0. The first-order valence-corrected chi connectivity index (χ1v) is 9.39. The molecule has 0 spiro atoms. The fourth-order valence-corrected chi connectivity index (χ4v) is 3.61. The zero-order valence-corrected chi connectivity index (χ0v) is 16.3. The number of para-hydroxylation sites is 1. The Morgan fingerprint density at radius 3 is 2.55 bits per heavy atom. The first kappa shape index (κ1) is 18.7. The van der Waals surface area contributed by atoms with Crippen LogP contribution in [0.1, 0.15) is 33.2 Å². The van der Waals surface area contributed by atoms with E-state index in [1.165, 1.54) is 12.7 Å². The molecular weight excluding hydrogens is 366 g/mol. The second kappa shape index (κ2) is 7.75. The lowest BCUT2D eigenvalue weighted by Gasteiger charge is -2.23. The highest BCUT2D eigenvalue weighted by molar-refractivity contribution is 6.08. The molecule has 4 rings (SSSR count). The summed E-state index contributed by atoms with van der Waals surface area (Å²) in [5, 5.41) is 3.22. The summed E-state index contributed by atoms with van der Waals surface area (Å²) in [7, 11) is 1.35. The number of carbonyl (C=O) groups is 2. The molecule has 2 aromatic carbocycles. The topological polar surface area (TPSA) is 71.5 Å². The minimum absolute atomic E-state index is 0.0698. The van der Waals surface area contributed by atoms with E-state index in [9.17, 15) is 9.59 Å². The molecule has 0 radical (unpaired) electrons. The van der Waals surface area contributed by atoms with Crippen molar-refractivity contribution in [2.45, 2.75) is 19.4 Å². The lowest BCUT2D eigenvalue weighted by atomic mass is 10.1. The van der Waals surface area contributed by atoms with Crippen molar-refractivity contribution in [1.82, 2.24) is 4.98 Å². The number of aromatic nitrogens is 1. The summed E-state index contributed by atoms with van der Waals surface area (Å²) in [6, 6.07) is 16.8. The molecule has 6 heteroatoms. The first-order chi connectivity index (χ1) is 14.1. The number of nitrogens with one attached hydrogen (secondary N) is 1. The summed E-state index contributed by atoms with van der Waals surface area (Å²) in [4.78, 5) is 30.8. The van der Waals surface area contributed by atoms with Gasteiger partial charge in [0.1, 0.15) is 0 Å². The van der Waals surface area contributed by atoms with E-state index in [0.29, 0.717) is 16.8 Å². The third-order valence-corrected chi connectivity index (χ3v) is 5.01. The van der Waals surface area contributed by atoms with Gasteiger partial charge in [0.25, 0.3) is 5.91 Å². The Kier molecular flexibility index (Phi) is 4.99.